The van der Waals surface area contributed by atoms with Crippen molar-refractivity contribution in [2.24, 2.45) is 0 Å². The fourth-order valence-electron chi connectivity index (χ4n) is 2.15. The molecule has 3 rings (SSSR count). The van der Waals surface area contributed by atoms with E-state index >= 15 is 0 Å². The lowest BCUT2D eigenvalue weighted by atomic mass is 10.1. The SMILES string of the molecule is S=c1[nH]c(NCCSCc2c[nH]cn2)ncc1Cc1cccnc1. The summed E-state index contributed by atoms with van der Waals surface area (Å²) in [5.41, 5.74) is 3.18. The summed E-state index contributed by atoms with van der Waals surface area (Å²) in [5, 5.41) is 3.26. The van der Waals surface area contributed by atoms with Crippen LogP contribution in [-0.2, 0) is 12.2 Å². The standard InChI is InChI=1S/C16H18N6S2/c23-15-13(6-12-2-1-3-17-7-12)8-20-16(22-15)19-4-5-24-10-14-9-18-11-21-14/h1-3,7-9,11H,4-6,10H2,(H,18,21)(H2,19,20,22,23). The average Bonchev–Trinajstić information content (AvgIpc) is 3.11. The molecule has 24 heavy (non-hydrogen) atoms. The summed E-state index contributed by atoms with van der Waals surface area (Å²) in [5.74, 6) is 2.57. The minimum absolute atomic E-state index is 0.704. The smallest absolute Gasteiger partial charge is 0.201 e. The first-order valence-corrected chi connectivity index (χ1v) is 9.14. The van der Waals surface area contributed by atoms with Crippen molar-refractivity contribution < 1.29 is 0 Å². The summed E-state index contributed by atoms with van der Waals surface area (Å²) in [6.07, 6.45) is 9.78. The lowest BCUT2D eigenvalue weighted by Gasteiger charge is -2.07. The summed E-state index contributed by atoms with van der Waals surface area (Å²) in [6.45, 7) is 0.815. The fourth-order valence-corrected chi connectivity index (χ4v) is 3.13. The van der Waals surface area contributed by atoms with Crippen molar-refractivity contribution in [3.63, 3.8) is 0 Å². The molecule has 8 heteroatoms. The molecule has 6 nitrogen and oxygen atoms in total. The molecule has 0 aliphatic carbocycles. The number of anilines is 1. The molecule has 0 unspecified atom stereocenters. The molecule has 0 spiro atoms. The van der Waals surface area contributed by atoms with E-state index in [4.69, 9.17) is 12.2 Å². The Labute approximate surface area is 149 Å². The Bertz CT molecular complexity index is 801. The maximum absolute atomic E-state index is 5.42. The molecule has 0 saturated heterocycles. The molecule has 3 aromatic rings. The highest BCUT2D eigenvalue weighted by Gasteiger charge is 2.02. The quantitative estimate of drug-likeness (QED) is 0.424. The number of aromatic nitrogens is 5. The van der Waals surface area contributed by atoms with E-state index < -0.39 is 0 Å². The van der Waals surface area contributed by atoms with E-state index in [0.29, 0.717) is 10.6 Å². The van der Waals surface area contributed by atoms with Crippen LogP contribution in [-0.4, -0.2) is 37.2 Å². The Kier molecular flexibility index (Phi) is 5.97. The first-order chi connectivity index (χ1) is 11.8. The summed E-state index contributed by atoms with van der Waals surface area (Å²) >= 11 is 7.24. The van der Waals surface area contributed by atoms with Gasteiger partial charge in [-0.2, -0.15) is 11.8 Å². The number of nitrogens with zero attached hydrogens (tertiary/aromatic N) is 3. The van der Waals surface area contributed by atoms with Gasteiger partial charge in [0.05, 0.1) is 12.0 Å². The van der Waals surface area contributed by atoms with Gasteiger partial charge in [-0.05, 0) is 11.6 Å². The molecule has 0 fully saturated rings. The number of thioether (sulfide) groups is 1. The van der Waals surface area contributed by atoms with Crippen molar-refractivity contribution in [2.75, 3.05) is 17.6 Å². The minimum Gasteiger partial charge on any atom is -0.355 e. The van der Waals surface area contributed by atoms with Gasteiger partial charge in [0, 0.05) is 54.8 Å². The number of nitrogens with one attached hydrogen (secondary N) is 3. The molecule has 0 aliphatic heterocycles. The van der Waals surface area contributed by atoms with Crippen molar-refractivity contribution >= 4 is 29.9 Å². The second-order valence-corrected chi connectivity index (χ2v) is 6.68. The lowest BCUT2D eigenvalue weighted by molar-refractivity contribution is 1.02. The van der Waals surface area contributed by atoms with Gasteiger partial charge in [-0.15, -0.1) is 0 Å². The van der Waals surface area contributed by atoms with Crippen LogP contribution in [0, 0.1) is 4.64 Å². The Hall–Kier alpha value is -2.19. The Morgan fingerprint density at radius 3 is 2.96 bits per heavy atom. The third-order valence-electron chi connectivity index (χ3n) is 3.33. The first-order valence-electron chi connectivity index (χ1n) is 7.57. The minimum atomic E-state index is 0.704. The van der Waals surface area contributed by atoms with Crippen LogP contribution >= 0.6 is 24.0 Å². The van der Waals surface area contributed by atoms with E-state index in [1.54, 1.807) is 12.5 Å². The Morgan fingerprint density at radius 1 is 1.25 bits per heavy atom. The van der Waals surface area contributed by atoms with Gasteiger partial charge in [0.25, 0.3) is 0 Å². The second-order valence-electron chi connectivity index (χ2n) is 5.16. The molecule has 0 aliphatic rings. The van der Waals surface area contributed by atoms with Crippen LogP contribution in [0.25, 0.3) is 0 Å². The number of pyridine rings is 1. The van der Waals surface area contributed by atoms with E-state index in [1.165, 1.54) is 0 Å². The maximum atomic E-state index is 5.42. The summed E-state index contributed by atoms with van der Waals surface area (Å²) in [7, 11) is 0. The van der Waals surface area contributed by atoms with Crippen LogP contribution < -0.4 is 5.32 Å². The molecule has 3 N–H and O–H groups in total. The summed E-state index contributed by atoms with van der Waals surface area (Å²) in [6, 6.07) is 3.95. The first kappa shape index (κ1) is 16.7. The number of hydrogen-bond acceptors (Lipinski definition) is 6. The van der Waals surface area contributed by atoms with Crippen molar-refractivity contribution in [3.8, 4) is 0 Å². The van der Waals surface area contributed by atoms with Crippen molar-refractivity contribution in [3.05, 3.63) is 64.7 Å². The molecule has 0 saturated carbocycles. The molecular weight excluding hydrogens is 340 g/mol. The predicted octanol–water partition coefficient (Wildman–Crippen LogP) is 3.19. The highest BCUT2D eigenvalue weighted by atomic mass is 32.2. The zero-order valence-electron chi connectivity index (χ0n) is 13.0. The van der Waals surface area contributed by atoms with Crippen molar-refractivity contribution in [1.82, 2.24) is 24.9 Å². The van der Waals surface area contributed by atoms with Gasteiger partial charge in [-0.1, -0.05) is 18.3 Å². The van der Waals surface area contributed by atoms with E-state index in [2.05, 4.69) is 30.2 Å². The largest absolute Gasteiger partial charge is 0.355 e. The number of rotatable bonds is 8. The van der Waals surface area contributed by atoms with E-state index in [0.717, 1.165) is 41.3 Å². The number of hydrogen-bond donors (Lipinski definition) is 3. The molecule has 0 amide bonds. The normalized spacial score (nSPS) is 10.7. The van der Waals surface area contributed by atoms with E-state index in [9.17, 15) is 0 Å². The Morgan fingerprint density at radius 2 is 2.21 bits per heavy atom. The van der Waals surface area contributed by atoms with Crippen molar-refractivity contribution in [2.45, 2.75) is 12.2 Å². The highest BCUT2D eigenvalue weighted by molar-refractivity contribution is 7.98. The van der Waals surface area contributed by atoms with Crippen LogP contribution in [0.3, 0.4) is 0 Å². The molecule has 0 atom stereocenters. The fraction of sp³-hybridized carbons (Fsp3) is 0.250. The predicted molar refractivity (Wildman–Crippen MR) is 99.7 cm³/mol. The maximum Gasteiger partial charge on any atom is 0.201 e. The van der Waals surface area contributed by atoms with Gasteiger partial charge < -0.3 is 15.3 Å². The lowest BCUT2D eigenvalue weighted by Crippen LogP contribution is -2.08. The van der Waals surface area contributed by atoms with Crippen molar-refractivity contribution in [1.29, 1.82) is 0 Å². The van der Waals surface area contributed by atoms with Crippen LogP contribution in [0.1, 0.15) is 16.8 Å². The topological polar surface area (TPSA) is 82.3 Å². The van der Waals surface area contributed by atoms with Gasteiger partial charge in [0.2, 0.25) is 5.95 Å². The molecule has 0 bridgehead atoms. The van der Waals surface area contributed by atoms with E-state index in [-0.39, 0.29) is 0 Å². The zero-order chi connectivity index (χ0) is 16.6. The van der Waals surface area contributed by atoms with Gasteiger partial charge in [0.15, 0.2) is 0 Å². The number of imidazole rings is 1. The number of aromatic amines is 2. The second kappa shape index (κ2) is 8.60. The molecule has 0 radical (unpaired) electrons. The highest BCUT2D eigenvalue weighted by Crippen LogP contribution is 2.11. The summed E-state index contributed by atoms with van der Waals surface area (Å²) in [4.78, 5) is 18.8. The molecule has 3 aromatic heterocycles. The third kappa shape index (κ3) is 4.90. The monoisotopic (exact) mass is 358 g/mol. The van der Waals surface area contributed by atoms with Gasteiger partial charge in [0.1, 0.15) is 4.64 Å². The van der Waals surface area contributed by atoms with Crippen LogP contribution in [0.4, 0.5) is 5.95 Å². The number of H-pyrrole nitrogens is 2. The third-order valence-corrected chi connectivity index (χ3v) is 4.69. The van der Waals surface area contributed by atoms with Crippen LogP contribution in [0.2, 0.25) is 0 Å². The van der Waals surface area contributed by atoms with Gasteiger partial charge in [-0.25, -0.2) is 9.97 Å². The molecule has 0 aromatic carbocycles. The molecule has 3 heterocycles. The van der Waals surface area contributed by atoms with Gasteiger partial charge in [-0.3, -0.25) is 4.98 Å². The summed E-state index contributed by atoms with van der Waals surface area (Å²) < 4.78 is 0.709. The molecule has 124 valence electrons. The van der Waals surface area contributed by atoms with Gasteiger partial charge >= 0.3 is 0 Å². The average molecular weight is 358 g/mol. The zero-order valence-corrected chi connectivity index (χ0v) is 14.7. The van der Waals surface area contributed by atoms with Crippen LogP contribution in [0.5, 0.6) is 0 Å². The Balaban J connectivity index is 1.47. The van der Waals surface area contributed by atoms with Crippen LogP contribution in [0.15, 0.2) is 43.2 Å². The van der Waals surface area contributed by atoms with E-state index in [1.807, 2.05) is 42.5 Å². The molecular formula is C16H18N6S2.